The Morgan fingerprint density at radius 1 is 1.40 bits per heavy atom. The number of nitrogen functional groups attached to an aromatic ring is 1. The van der Waals surface area contributed by atoms with E-state index in [1.165, 1.54) is 32.3 Å². The molecule has 6 heteroatoms. The highest BCUT2D eigenvalue weighted by molar-refractivity contribution is 5.66. The third-order valence-corrected chi connectivity index (χ3v) is 3.62. The van der Waals surface area contributed by atoms with Crippen LogP contribution in [0.25, 0.3) is 0 Å². The van der Waals surface area contributed by atoms with Crippen molar-refractivity contribution in [2.75, 3.05) is 37.3 Å². The Labute approximate surface area is 120 Å². The van der Waals surface area contributed by atoms with Crippen LogP contribution < -0.4 is 15.8 Å². The van der Waals surface area contributed by atoms with Gasteiger partial charge in [-0.05, 0) is 39.3 Å². The summed E-state index contributed by atoms with van der Waals surface area (Å²) in [5, 5.41) is 3.31. The van der Waals surface area contributed by atoms with Crippen molar-refractivity contribution in [2.24, 2.45) is 0 Å². The van der Waals surface area contributed by atoms with E-state index in [1.807, 2.05) is 6.92 Å². The van der Waals surface area contributed by atoms with Crippen LogP contribution in [0.2, 0.25) is 0 Å². The van der Waals surface area contributed by atoms with Crippen LogP contribution in [0.3, 0.4) is 0 Å². The zero-order chi connectivity index (χ0) is 14.4. The van der Waals surface area contributed by atoms with Crippen molar-refractivity contribution in [1.82, 2.24) is 14.9 Å². The lowest BCUT2D eigenvalue weighted by Crippen LogP contribution is -2.35. The molecule has 1 unspecified atom stereocenters. The lowest BCUT2D eigenvalue weighted by atomic mass is 10.3. The maximum atomic E-state index is 6.04. The van der Waals surface area contributed by atoms with Gasteiger partial charge in [-0.2, -0.15) is 4.98 Å². The molecule has 0 saturated carbocycles. The van der Waals surface area contributed by atoms with E-state index in [0.29, 0.717) is 30.0 Å². The molecule has 20 heavy (non-hydrogen) atoms. The molecule has 112 valence electrons. The minimum atomic E-state index is 0.471. The summed E-state index contributed by atoms with van der Waals surface area (Å²) < 4.78 is 5.51. The van der Waals surface area contributed by atoms with Gasteiger partial charge in [-0.25, -0.2) is 4.98 Å². The number of rotatable bonds is 7. The first-order valence-corrected chi connectivity index (χ1v) is 7.43. The number of likely N-dealkylation sites (tertiary alicyclic amines) is 1. The maximum absolute atomic E-state index is 6.04. The fourth-order valence-corrected chi connectivity index (χ4v) is 2.39. The van der Waals surface area contributed by atoms with Gasteiger partial charge in [-0.1, -0.05) is 6.92 Å². The highest BCUT2D eigenvalue weighted by Crippen LogP contribution is 2.24. The SMILES string of the molecule is CCCOc1ncnc(NCC(C)N2CCCC2)c1N. The Morgan fingerprint density at radius 3 is 2.85 bits per heavy atom. The Hall–Kier alpha value is -1.56. The second-order valence-corrected chi connectivity index (χ2v) is 5.26. The molecule has 1 aromatic rings. The van der Waals surface area contributed by atoms with Gasteiger partial charge in [0, 0.05) is 12.6 Å². The van der Waals surface area contributed by atoms with E-state index in [1.54, 1.807) is 0 Å². The predicted octanol–water partition coefficient (Wildman–Crippen LogP) is 1.74. The van der Waals surface area contributed by atoms with Gasteiger partial charge in [-0.15, -0.1) is 0 Å². The molecular formula is C14H25N5O. The number of nitrogens with two attached hydrogens (primary N) is 1. The first-order valence-electron chi connectivity index (χ1n) is 7.43. The van der Waals surface area contributed by atoms with Crippen LogP contribution in [-0.4, -0.2) is 47.2 Å². The number of ether oxygens (including phenoxy) is 1. The Kier molecular flexibility index (Phi) is 5.40. The maximum Gasteiger partial charge on any atom is 0.242 e. The van der Waals surface area contributed by atoms with Crippen LogP contribution in [0.5, 0.6) is 5.88 Å². The first-order chi connectivity index (χ1) is 9.72. The fraction of sp³-hybridized carbons (Fsp3) is 0.714. The molecule has 0 spiro atoms. The third-order valence-electron chi connectivity index (χ3n) is 3.62. The smallest absolute Gasteiger partial charge is 0.242 e. The number of nitrogens with zero attached hydrogens (tertiary/aromatic N) is 3. The number of nitrogens with one attached hydrogen (secondary N) is 1. The van der Waals surface area contributed by atoms with E-state index in [4.69, 9.17) is 10.5 Å². The lowest BCUT2D eigenvalue weighted by molar-refractivity contribution is 0.269. The van der Waals surface area contributed by atoms with Crippen molar-refractivity contribution in [3.05, 3.63) is 6.33 Å². The molecule has 2 heterocycles. The van der Waals surface area contributed by atoms with E-state index in [2.05, 4.69) is 27.1 Å². The molecule has 1 aliphatic rings. The fourth-order valence-electron chi connectivity index (χ4n) is 2.39. The first kappa shape index (κ1) is 14.8. The van der Waals surface area contributed by atoms with Gasteiger partial charge in [0.1, 0.15) is 12.0 Å². The van der Waals surface area contributed by atoms with Crippen molar-refractivity contribution in [1.29, 1.82) is 0 Å². The molecule has 2 rings (SSSR count). The normalized spacial score (nSPS) is 17.1. The van der Waals surface area contributed by atoms with Crippen LogP contribution in [0.1, 0.15) is 33.1 Å². The Morgan fingerprint density at radius 2 is 2.15 bits per heavy atom. The quantitative estimate of drug-likeness (QED) is 0.792. The summed E-state index contributed by atoms with van der Waals surface area (Å²) in [5.41, 5.74) is 6.53. The Balaban J connectivity index is 1.91. The number of hydrogen-bond donors (Lipinski definition) is 2. The predicted molar refractivity (Wildman–Crippen MR) is 81.0 cm³/mol. The Bertz CT molecular complexity index is 420. The van der Waals surface area contributed by atoms with Crippen molar-refractivity contribution in [3.63, 3.8) is 0 Å². The summed E-state index contributed by atoms with van der Waals surface area (Å²) in [7, 11) is 0. The van der Waals surface area contributed by atoms with Gasteiger partial charge in [0.25, 0.3) is 0 Å². The van der Waals surface area contributed by atoms with Gasteiger partial charge >= 0.3 is 0 Å². The van der Waals surface area contributed by atoms with Crippen molar-refractivity contribution < 1.29 is 4.74 Å². The van der Waals surface area contributed by atoms with E-state index in [-0.39, 0.29) is 0 Å². The molecule has 1 atom stereocenters. The summed E-state index contributed by atoms with van der Waals surface area (Å²) in [6, 6.07) is 0.479. The van der Waals surface area contributed by atoms with Crippen LogP contribution in [0.15, 0.2) is 6.33 Å². The standard InChI is InChI=1S/C14H25N5O/c1-3-8-20-14-12(15)13(17-10-18-14)16-9-11(2)19-6-4-5-7-19/h10-11H,3-9,15H2,1-2H3,(H,16,17,18). The molecule has 1 aromatic heterocycles. The summed E-state index contributed by atoms with van der Waals surface area (Å²) in [6.07, 6.45) is 5.02. The van der Waals surface area contributed by atoms with Gasteiger partial charge in [0.2, 0.25) is 5.88 Å². The topological polar surface area (TPSA) is 76.3 Å². The average molecular weight is 279 g/mol. The van der Waals surface area contributed by atoms with Crippen LogP contribution >= 0.6 is 0 Å². The monoisotopic (exact) mass is 279 g/mol. The minimum absolute atomic E-state index is 0.471. The zero-order valence-corrected chi connectivity index (χ0v) is 12.4. The van der Waals surface area contributed by atoms with Crippen molar-refractivity contribution in [2.45, 2.75) is 39.2 Å². The molecular weight excluding hydrogens is 254 g/mol. The lowest BCUT2D eigenvalue weighted by Gasteiger charge is -2.24. The van der Waals surface area contributed by atoms with E-state index >= 15 is 0 Å². The molecule has 0 amide bonds. The van der Waals surface area contributed by atoms with Crippen molar-refractivity contribution >= 4 is 11.5 Å². The number of hydrogen-bond acceptors (Lipinski definition) is 6. The van der Waals surface area contributed by atoms with Crippen LogP contribution in [0.4, 0.5) is 11.5 Å². The third kappa shape index (κ3) is 3.72. The van der Waals surface area contributed by atoms with E-state index in [0.717, 1.165) is 13.0 Å². The van der Waals surface area contributed by atoms with Gasteiger partial charge in [0.15, 0.2) is 5.82 Å². The molecule has 1 aliphatic heterocycles. The summed E-state index contributed by atoms with van der Waals surface area (Å²) in [4.78, 5) is 10.8. The average Bonchev–Trinajstić information content (AvgIpc) is 2.99. The molecule has 0 aromatic carbocycles. The van der Waals surface area contributed by atoms with E-state index in [9.17, 15) is 0 Å². The van der Waals surface area contributed by atoms with Gasteiger partial charge < -0.3 is 15.8 Å². The minimum Gasteiger partial charge on any atom is -0.476 e. The second-order valence-electron chi connectivity index (χ2n) is 5.26. The van der Waals surface area contributed by atoms with Crippen molar-refractivity contribution in [3.8, 4) is 5.88 Å². The van der Waals surface area contributed by atoms with Gasteiger partial charge in [-0.3, -0.25) is 4.90 Å². The highest BCUT2D eigenvalue weighted by Gasteiger charge is 2.18. The summed E-state index contributed by atoms with van der Waals surface area (Å²) in [5.74, 6) is 1.13. The van der Waals surface area contributed by atoms with Gasteiger partial charge in [0.05, 0.1) is 6.61 Å². The number of anilines is 2. The highest BCUT2D eigenvalue weighted by atomic mass is 16.5. The van der Waals surface area contributed by atoms with Crippen LogP contribution in [-0.2, 0) is 0 Å². The molecule has 0 radical (unpaired) electrons. The largest absolute Gasteiger partial charge is 0.476 e. The van der Waals surface area contributed by atoms with Crippen LogP contribution in [0, 0.1) is 0 Å². The molecule has 0 aliphatic carbocycles. The molecule has 0 bridgehead atoms. The van der Waals surface area contributed by atoms with E-state index < -0.39 is 0 Å². The number of aromatic nitrogens is 2. The summed E-state index contributed by atoms with van der Waals surface area (Å²) in [6.45, 7) is 8.09. The zero-order valence-electron chi connectivity index (χ0n) is 12.4. The molecule has 1 saturated heterocycles. The molecule has 3 N–H and O–H groups in total. The molecule has 6 nitrogen and oxygen atoms in total. The summed E-state index contributed by atoms with van der Waals surface area (Å²) >= 11 is 0. The second kappa shape index (κ2) is 7.28. The molecule has 1 fully saturated rings.